The van der Waals surface area contributed by atoms with E-state index in [-0.39, 0.29) is 17.5 Å². The summed E-state index contributed by atoms with van der Waals surface area (Å²) in [5, 5.41) is -5.58. The summed E-state index contributed by atoms with van der Waals surface area (Å²) in [6, 6.07) is 10.3. The summed E-state index contributed by atoms with van der Waals surface area (Å²) in [4.78, 5) is -0.615. The Balaban J connectivity index is 2.15. The smallest absolute Gasteiger partial charge is 0.207 e. The molecule has 2 aromatic carbocycles. The lowest BCUT2D eigenvalue weighted by atomic mass is 9.78. The van der Waals surface area contributed by atoms with Gasteiger partial charge in [0.05, 0.1) is 8.65 Å². The zero-order valence-corrected chi connectivity index (χ0v) is 20.2. The van der Waals surface area contributed by atoms with Crippen LogP contribution in [0.3, 0.4) is 0 Å². The van der Waals surface area contributed by atoms with Crippen molar-refractivity contribution in [3.05, 3.63) is 82.3 Å². The third-order valence-electron chi connectivity index (χ3n) is 5.04. The number of allylic oxidation sites excluding steroid dienone is 2. The maximum atomic E-state index is 14.6. The van der Waals surface area contributed by atoms with Crippen LogP contribution in [-0.2, 0) is 8.65 Å². The lowest BCUT2D eigenvalue weighted by Gasteiger charge is -2.42. The van der Waals surface area contributed by atoms with E-state index >= 15 is 0 Å². The van der Waals surface area contributed by atoms with Gasteiger partial charge in [0.2, 0.25) is 0 Å². The van der Waals surface area contributed by atoms with Gasteiger partial charge in [-0.25, -0.2) is 8.78 Å². The van der Waals surface area contributed by atoms with Crippen LogP contribution in [0.25, 0.3) is 0 Å². The highest BCUT2D eigenvalue weighted by Gasteiger charge is 2.73. The second-order valence-corrected chi connectivity index (χ2v) is 11.6. The molecular formula is C21H13Br2F9S. The number of halogens is 11. The number of hydrogen-bond acceptors (Lipinski definition) is 1. The summed E-state index contributed by atoms with van der Waals surface area (Å²) >= 11 is 5.56. The first-order chi connectivity index (χ1) is 15.0. The molecule has 12 heteroatoms. The van der Waals surface area contributed by atoms with E-state index in [9.17, 15) is 39.5 Å². The largest absolute Gasteiger partial charge is 0.460 e. The Hall–Kier alpha value is -1.14. The molecular weight excluding hydrogens is 615 g/mol. The van der Waals surface area contributed by atoms with E-state index in [0.717, 1.165) is 18.2 Å². The molecule has 1 aliphatic rings. The highest BCUT2D eigenvalue weighted by molar-refractivity contribution is 9.10. The molecule has 0 amide bonds. The van der Waals surface area contributed by atoms with Gasteiger partial charge < -0.3 is 0 Å². The van der Waals surface area contributed by atoms with Crippen molar-refractivity contribution in [2.45, 2.75) is 38.8 Å². The predicted molar refractivity (Wildman–Crippen MR) is 115 cm³/mol. The number of alkyl halides is 9. The topological polar surface area (TPSA) is 0 Å². The molecule has 0 aliphatic heterocycles. The Morgan fingerprint density at radius 2 is 1.24 bits per heavy atom. The lowest BCUT2D eigenvalue weighted by Crippen LogP contribution is -2.50. The monoisotopic (exact) mass is 626 g/mol. The van der Waals surface area contributed by atoms with E-state index < -0.39 is 60.7 Å². The van der Waals surface area contributed by atoms with Crippen LogP contribution in [-0.4, -0.2) is 17.4 Å². The Bertz CT molecular complexity index is 1070. The van der Waals surface area contributed by atoms with Gasteiger partial charge in [0.1, 0.15) is 11.6 Å². The number of hydrogen-bond donors (Lipinski definition) is 0. The summed E-state index contributed by atoms with van der Waals surface area (Å²) < 4.78 is 120. The van der Waals surface area contributed by atoms with Crippen molar-refractivity contribution in [3.63, 3.8) is 0 Å². The van der Waals surface area contributed by atoms with Gasteiger partial charge in [0, 0.05) is 11.1 Å². The second-order valence-electron chi connectivity index (χ2n) is 7.44. The molecule has 0 saturated heterocycles. The molecule has 0 heterocycles. The highest BCUT2D eigenvalue weighted by Crippen LogP contribution is 2.61. The van der Waals surface area contributed by atoms with Gasteiger partial charge in [-0.3, -0.25) is 0 Å². The fourth-order valence-corrected chi connectivity index (χ4v) is 7.56. The minimum atomic E-state index is -6.51. The average molecular weight is 628 g/mol. The van der Waals surface area contributed by atoms with Crippen molar-refractivity contribution in [2.24, 2.45) is 0 Å². The van der Waals surface area contributed by atoms with Gasteiger partial charge in [0.15, 0.2) is 0 Å². The first-order valence-electron chi connectivity index (χ1n) is 9.13. The molecule has 0 radical (unpaired) electrons. The van der Waals surface area contributed by atoms with Crippen LogP contribution in [0.4, 0.5) is 39.5 Å². The highest BCUT2D eigenvalue weighted by atomic mass is 79.9. The third-order valence-corrected chi connectivity index (χ3v) is 8.00. The van der Waals surface area contributed by atoms with Crippen LogP contribution >= 0.6 is 43.6 Å². The summed E-state index contributed by atoms with van der Waals surface area (Å²) in [6.07, 6.45) is -6.26. The van der Waals surface area contributed by atoms with E-state index in [1.165, 1.54) is 36.4 Å². The summed E-state index contributed by atoms with van der Waals surface area (Å²) in [5.41, 5.74) is -0.142. The minimum absolute atomic E-state index is 0.0535. The van der Waals surface area contributed by atoms with Gasteiger partial charge >= 0.3 is 17.4 Å². The summed E-state index contributed by atoms with van der Waals surface area (Å²) in [7, 11) is 0. The fourth-order valence-electron chi connectivity index (χ4n) is 3.55. The van der Waals surface area contributed by atoms with E-state index in [1.54, 1.807) is 0 Å². The molecule has 3 rings (SSSR count). The van der Waals surface area contributed by atoms with Crippen molar-refractivity contribution in [1.29, 1.82) is 0 Å². The minimum Gasteiger partial charge on any atom is -0.207 e. The second kappa shape index (κ2) is 8.82. The fraction of sp³-hybridized carbons (Fsp3) is 0.333. The molecule has 33 heavy (non-hydrogen) atoms. The molecule has 2 atom stereocenters. The van der Waals surface area contributed by atoms with Crippen molar-refractivity contribution in [3.8, 4) is 0 Å². The number of benzene rings is 2. The van der Waals surface area contributed by atoms with E-state index in [4.69, 9.17) is 0 Å². The Labute approximate surface area is 203 Å². The Kier molecular flexibility index (Phi) is 7.07. The van der Waals surface area contributed by atoms with Crippen LogP contribution in [0, 0.1) is 11.6 Å². The quantitative estimate of drug-likeness (QED) is 0.235. The zero-order chi connectivity index (χ0) is 24.9. The maximum absolute atomic E-state index is 14.6. The SMILES string of the molecule is Fc1ccccc1C1(Br)C=C(SC(F)(F)C(F)(F)C(F)(F)F)CC(Br)(c2ccccc2F)C1. The molecule has 0 fully saturated rings. The van der Waals surface area contributed by atoms with Crippen LogP contribution in [0.15, 0.2) is 59.5 Å². The summed E-state index contributed by atoms with van der Waals surface area (Å²) in [5.74, 6) is -7.90. The lowest BCUT2D eigenvalue weighted by molar-refractivity contribution is -0.330. The Morgan fingerprint density at radius 1 is 0.758 bits per heavy atom. The van der Waals surface area contributed by atoms with Crippen LogP contribution in [0.2, 0.25) is 0 Å². The maximum Gasteiger partial charge on any atom is 0.460 e. The number of rotatable bonds is 5. The van der Waals surface area contributed by atoms with Crippen molar-refractivity contribution < 1.29 is 39.5 Å². The number of thioether (sulfide) groups is 1. The standard InChI is InChI=1S/C21H13Br2F9S/c22-17(13-5-1-3-7-15(13)24)9-12(33-21(31,32)19(26,27)20(28,29)30)10-18(23,11-17)14-6-2-4-8-16(14)25/h1-9H,10-11H2. The molecule has 0 saturated carbocycles. The van der Waals surface area contributed by atoms with Crippen LogP contribution in [0.1, 0.15) is 24.0 Å². The van der Waals surface area contributed by atoms with Crippen molar-refractivity contribution in [1.82, 2.24) is 0 Å². The van der Waals surface area contributed by atoms with E-state index in [0.29, 0.717) is 0 Å². The molecule has 0 aromatic heterocycles. The third kappa shape index (κ3) is 4.98. The molecule has 0 N–H and O–H groups in total. The normalized spacial score (nSPS) is 24.5. The van der Waals surface area contributed by atoms with Gasteiger partial charge in [-0.05, 0) is 41.6 Å². The molecule has 180 valence electrons. The van der Waals surface area contributed by atoms with Crippen molar-refractivity contribution >= 4 is 43.6 Å². The van der Waals surface area contributed by atoms with E-state index in [1.807, 2.05) is 0 Å². The molecule has 2 aromatic rings. The molecule has 0 bridgehead atoms. The summed E-state index contributed by atoms with van der Waals surface area (Å²) in [6.45, 7) is 0. The van der Waals surface area contributed by atoms with Crippen LogP contribution in [0.5, 0.6) is 0 Å². The van der Waals surface area contributed by atoms with Gasteiger partial charge in [-0.1, -0.05) is 74.3 Å². The average Bonchev–Trinajstić information content (AvgIpc) is 2.66. The van der Waals surface area contributed by atoms with Crippen LogP contribution < -0.4 is 0 Å². The molecule has 2 unspecified atom stereocenters. The van der Waals surface area contributed by atoms with Gasteiger partial charge in [-0.15, -0.1) is 0 Å². The van der Waals surface area contributed by atoms with E-state index in [2.05, 4.69) is 31.9 Å². The Morgan fingerprint density at radius 3 is 1.73 bits per heavy atom. The molecule has 0 spiro atoms. The van der Waals surface area contributed by atoms with Crippen molar-refractivity contribution in [2.75, 3.05) is 0 Å². The molecule has 0 nitrogen and oxygen atoms in total. The van der Waals surface area contributed by atoms with Gasteiger partial charge in [0.25, 0.3) is 0 Å². The first kappa shape index (κ1) is 26.5. The van der Waals surface area contributed by atoms with Gasteiger partial charge in [-0.2, -0.15) is 30.7 Å². The first-order valence-corrected chi connectivity index (χ1v) is 11.5. The predicted octanol–water partition coefficient (Wildman–Crippen LogP) is 9.05. The zero-order valence-electron chi connectivity index (χ0n) is 16.2. The molecule has 1 aliphatic carbocycles.